The molecule has 0 aliphatic carbocycles. The van der Waals surface area contributed by atoms with Crippen LogP contribution in [0.5, 0.6) is 0 Å². The maximum Gasteiger partial charge on any atom is 0.251 e. The predicted molar refractivity (Wildman–Crippen MR) is 110 cm³/mol. The average Bonchev–Trinajstić information content (AvgIpc) is 2.62. The van der Waals surface area contributed by atoms with Crippen molar-refractivity contribution in [1.29, 1.82) is 0 Å². The van der Waals surface area contributed by atoms with E-state index in [9.17, 15) is 9.59 Å². The number of rotatable bonds is 7. The lowest BCUT2D eigenvalue weighted by molar-refractivity contribution is -0.118. The van der Waals surface area contributed by atoms with Gasteiger partial charge in [-0.2, -0.15) is 11.8 Å². The summed E-state index contributed by atoms with van der Waals surface area (Å²) in [6.07, 6.45) is 2.53. The summed E-state index contributed by atoms with van der Waals surface area (Å²) < 4.78 is 0. The Morgan fingerprint density at radius 3 is 2.46 bits per heavy atom. The molecule has 138 valence electrons. The van der Waals surface area contributed by atoms with Gasteiger partial charge in [0.05, 0.1) is 0 Å². The first-order valence-corrected chi connectivity index (χ1v) is 10.1. The number of thioether (sulfide) groups is 1. The molecule has 0 bridgehead atoms. The molecule has 0 saturated carbocycles. The third kappa shape index (κ3) is 5.51. The van der Waals surface area contributed by atoms with Gasteiger partial charge in [0.2, 0.25) is 5.91 Å². The molecule has 2 N–H and O–H groups in total. The molecule has 1 atom stereocenters. The zero-order chi connectivity index (χ0) is 19.1. The Morgan fingerprint density at radius 2 is 1.81 bits per heavy atom. The van der Waals surface area contributed by atoms with Crippen LogP contribution in [0.4, 0.5) is 5.69 Å². The van der Waals surface area contributed by atoms with Gasteiger partial charge in [-0.1, -0.05) is 23.7 Å². The molecule has 0 spiro atoms. The zero-order valence-electron chi connectivity index (χ0n) is 15.1. The molecule has 26 heavy (non-hydrogen) atoms. The smallest absolute Gasteiger partial charge is 0.251 e. The van der Waals surface area contributed by atoms with Crippen molar-refractivity contribution in [1.82, 2.24) is 5.32 Å². The van der Waals surface area contributed by atoms with E-state index in [-0.39, 0.29) is 11.8 Å². The van der Waals surface area contributed by atoms with E-state index >= 15 is 0 Å². The fourth-order valence-electron chi connectivity index (χ4n) is 2.45. The summed E-state index contributed by atoms with van der Waals surface area (Å²) >= 11 is 7.50. The van der Waals surface area contributed by atoms with Crippen molar-refractivity contribution in [3.63, 3.8) is 0 Å². The standard InChI is InChI=1S/C20H23ClN2O2S/c1-13-5-4-6-17(14(13)2)22-20(25)18(11-12-26-3)23-19(24)15-7-9-16(21)10-8-15/h4-10,18H,11-12H2,1-3H3,(H,22,25)(H,23,24). The summed E-state index contributed by atoms with van der Waals surface area (Å²) in [5.74, 6) is 0.269. The highest BCUT2D eigenvalue weighted by Gasteiger charge is 2.22. The minimum atomic E-state index is -0.606. The second kappa shape index (κ2) is 9.64. The molecule has 0 aliphatic rings. The molecule has 0 fully saturated rings. The summed E-state index contributed by atoms with van der Waals surface area (Å²) in [4.78, 5) is 25.2. The van der Waals surface area contributed by atoms with Gasteiger partial charge in [-0.25, -0.2) is 0 Å². The lowest BCUT2D eigenvalue weighted by Gasteiger charge is -2.19. The molecule has 0 aliphatic heterocycles. The lowest BCUT2D eigenvalue weighted by Crippen LogP contribution is -2.44. The van der Waals surface area contributed by atoms with Gasteiger partial charge in [-0.05, 0) is 73.7 Å². The number of hydrogen-bond acceptors (Lipinski definition) is 3. The number of carbonyl (C=O) groups is 2. The molecule has 4 nitrogen and oxygen atoms in total. The Labute approximate surface area is 163 Å². The molecular formula is C20H23ClN2O2S. The normalized spacial score (nSPS) is 11.7. The Bertz CT molecular complexity index is 778. The van der Waals surface area contributed by atoms with Crippen molar-refractivity contribution in [3.8, 4) is 0 Å². The highest BCUT2D eigenvalue weighted by Crippen LogP contribution is 2.19. The predicted octanol–water partition coefficient (Wildman–Crippen LogP) is 4.45. The van der Waals surface area contributed by atoms with E-state index in [1.54, 1.807) is 36.0 Å². The molecule has 0 heterocycles. The monoisotopic (exact) mass is 390 g/mol. The highest BCUT2D eigenvalue weighted by molar-refractivity contribution is 7.98. The number of hydrogen-bond donors (Lipinski definition) is 2. The molecule has 2 aromatic rings. The number of nitrogens with one attached hydrogen (secondary N) is 2. The van der Waals surface area contributed by atoms with Crippen molar-refractivity contribution in [2.75, 3.05) is 17.3 Å². The molecule has 2 aromatic carbocycles. The minimum absolute atomic E-state index is 0.213. The van der Waals surface area contributed by atoms with Crippen LogP contribution in [0.3, 0.4) is 0 Å². The first kappa shape index (κ1) is 20.3. The van der Waals surface area contributed by atoms with Crippen molar-refractivity contribution in [2.45, 2.75) is 26.3 Å². The third-order valence-electron chi connectivity index (χ3n) is 4.20. The number of halogens is 1. The van der Waals surface area contributed by atoms with E-state index in [1.165, 1.54) is 0 Å². The fourth-order valence-corrected chi connectivity index (χ4v) is 3.05. The fraction of sp³-hybridized carbons (Fsp3) is 0.300. The topological polar surface area (TPSA) is 58.2 Å². The highest BCUT2D eigenvalue weighted by atomic mass is 35.5. The van der Waals surface area contributed by atoms with Crippen LogP contribution in [0, 0.1) is 13.8 Å². The Morgan fingerprint density at radius 1 is 1.12 bits per heavy atom. The summed E-state index contributed by atoms with van der Waals surface area (Å²) in [5, 5.41) is 6.34. The van der Waals surface area contributed by atoms with Crippen LogP contribution in [0.2, 0.25) is 5.02 Å². The zero-order valence-corrected chi connectivity index (χ0v) is 16.7. The van der Waals surface area contributed by atoms with Gasteiger partial charge in [0.15, 0.2) is 0 Å². The molecule has 0 saturated heterocycles. The van der Waals surface area contributed by atoms with Gasteiger partial charge in [-0.3, -0.25) is 9.59 Å². The second-order valence-electron chi connectivity index (χ2n) is 6.05. The summed E-state index contributed by atoms with van der Waals surface area (Å²) in [5.41, 5.74) is 3.37. The van der Waals surface area contributed by atoms with E-state index < -0.39 is 6.04 Å². The minimum Gasteiger partial charge on any atom is -0.340 e. The molecule has 6 heteroatoms. The van der Waals surface area contributed by atoms with Crippen LogP contribution in [0.25, 0.3) is 0 Å². The summed E-state index contributed by atoms with van der Waals surface area (Å²) in [6.45, 7) is 3.96. The first-order valence-electron chi connectivity index (χ1n) is 8.35. The number of carbonyl (C=O) groups excluding carboxylic acids is 2. The maximum absolute atomic E-state index is 12.7. The molecule has 1 unspecified atom stereocenters. The quantitative estimate of drug-likeness (QED) is 0.734. The van der Waals surface area contributed by atoms with Crippen LogP contribution >= 0.6 is 23.4 Å². The van der Waals surface area contributed by atoms with Crippen molar-refractivity contribution in [2.24, 2.45) is 0 Å². The van der Waals surface area contributed by atoms with Crippen LogP contribution in [-0.4, -0.2) is 29.9 Å². The van der Waals surface area contributed by atoms with Crippen LogP contribution in [0.1, 0.15) is 27.9 Å². The number of benzene rings is 2. The number of aryl methyl sites for hydroxylation is 1. The van der Waals surface area contributed by atoms with E-state index in [0.717, 1.165) is 22.6 Å². The maximum atomic E-state index is 12.7. The molecular weight excluding hydrogens is 368 g/mol. The van der Waals surface area contributed by atoms with Gasteiger partial charge in [0.25, 0.3) is 5.91 Å². The SMILES string of the molecule is CSCCC(NC(=O)c1ccc(Cl)cc1)C(=O)Nc1cccc(C)c1C. The second-order valence-corrected chi connectivity index (χ2v) is 7.47. The molecule has 2 amide bonds. The average molecular weight is 391 g/mol. The number of amides is 2. The lowest BCUT2D eigenvalue weighted by atomic mass is 10.1. The van der Waals surface area contributed by atoms with Gasteiger partial charge in [-0.15, -0.1) is 0 Å². The van der Waals surface area contributed by atoms with Crippen LogP contribution < -0.4 is 10.6 Å². The van der Waals surface area contributed by atoms with Gasteiger partial charge < -0.3 is 10.6 Å². The van der Waals surface area contributed by atoms with E-state index in [0.29, 0.717) is 17.0 Å². The summed E-state index contributed by atoms with van der Waals surface area (Å²) in [6, 6.07) is 11.8. The largest absolute Gasteiger partial charge is 0.340 e. The molecule has 0 aromatic heterocycles. The van der Waals surface area contributed by atoms with Crippen LogP contribution in [0.15, 0.2) is 42.5 Å². The van der Waals surface area contributed by atoms with Gasteiger partial charge in [0.1, 0.15) is 6.04 Å². The van der Waals surface area contributed by atoms with Crippen molar-refractivity contribution < 1.29 is 9.59 Å². The summed E-state index contributed by atoms with van der Waals surface area (Å²) in [7, 11) is 0. The van der Waals surface area contributed by atoms with Gasteiger partial charge >= 0.3 is 0 Å². The van der Waals surface area contributed by atoms with Crippen molar-refractivity contribution in [3.05, 3.63) is 64.2 Å². The van der Waals surface area contributed by atoms with E-state index in [4.69, 9.17) is 11.6 Å². The first-order chi connectivity index (χ1) is 12.4. The molecule has 0 radical (unpaired) electrons. The Kier molecular flexibility index (Phi) is 7.54. The van der Waals surface area contributed by atoms with Crippen LogP contribution in [-0.2, 0) is 4.79 Å². The Hall–Kier alpha value is -1.98. The number of anilines is 1. The van der Waals surface area contributed by atoms with E-state index in [1.807, 2.05) is 38.3 Å². The third-order valence-corrected chi connectivity index (χ3v) is 5.10. The Balaban J connectivity index is 2.12. The molecule has 2 rings (SSSR count). The van der Waals surface area contributed by atoms with Crippen molar-refractivity contribution >= 4 is 40.9 Å². The van der Waals surface area contributed by atoms with E-state index in [2.05, 4.69) is 10.6 Å². The van der Waals surface area contributed by atoms with Gasteiger partial charge in [0, 0.05) is 16.3 Å².